The molecule has 1 aromatic heterocycles. The molecule has 3 rings (SSSR count). The highest BCUT2D eigenvalue weighted by molar-refractivity contribution is 5.79. The van der Waals surface area contributed by atoms with Gasteiger partial charge in [-0.3, -0.25) is 14.3 Å². The fourth-order valence-electron chi connectivity index (χ4n) is 3.11. The van der Waals surface area contributed by atoms with Crippen LogP contribution in [0.15, 0.2) is 53.5 Å². The average Bonchev–Trinajstić information content (AvgIpc) is 2.72. The predicted octanol–water partition coefficient (Wildman–Crippen LogP) is 2.68. The van der Waals surface area contributed by atoms with E-state index in [1.165, 1.54) is 6.20 Å². The zero-order valence-corrected chi connectivity index (χ0v) is 16.1. The molecule has 0 spiro atoms. The number of aryl methyl sites for hydroxylation is 1. The third-order valence-electron chi connectivity index (χ3n) is 4.60. The standard InChI is InChI=1S/C21H23N3O4/c1-14(16-9-8-15(27-2)12-20(16)28-3)23-21(26)10-11-24-18-7-5-4-6-17(18)19(25)13-22-24/h4-9,12-14H,10-11H2,1-3H3,(H,23,26). The minimum atomic E-state index is -0.230. The second-order valence-corrected chi connectivity index (χ2v) is 6.40. The van der Waals surface area contributed by atoms with E-state index in [-0.39, 0.29) is 23.8 Å². The van der Waals surface area contributed by atoms with E-state index in [0.717, 1.165) is 5.56 Å². The number of para-hydroxylation sites is 1. The summed E-state index contributed by atoms with van der Waals surface area (Å²) in [6, 6.07) is 12.5. The fourth-order valence-corrected chi connectivity index (χ4v) is 3.11. The van der Waals surface area contributed by atoms with Crippen LogP contribution in [-0.2, 0) is 11.3 Å². The van der Waals surface area contributed by atoms with Crippen molar-refractivity contribution >= 4 is 16.8 Å². The molecule has 0 aliphatic rings. The first-order chi connectivity index (χ1) is 13.5. The van der Waals surface area contributed by atoms with Crippen LogP contribution < -0.4 is 20.2 Å². The number of hydrogen-bond donors (Lipinski definition) is 1. The van der Waals surface area contributed by atoms with Gasteiger partial charge < -0.3 is 14.8 Å². The minimum absolute atomic E-state index is 0.116. The van der Waals surface area contributed by atoms with Crippen LogP contribution in [0.4, 0.5) is 0 Å². The Labute approximate surface area is 162 Å². The van der Waals surface area contributed by atoms with Crippen LogP contribution in [0, 0.1) is 0 Å². The number of aromatic nitrogens is 2. The van der Waals surface area contributed by atoms with Gasteiger partial charge in [-0.2, -0.15) is 5.10 Å². The van der Waals surface area contributed by atoms with Gasteiger partial charge >= 0.3 is 0 Å². The molecule has 1 heterocycles. The fraction of sp³-hybridized carbons (Fsp3) is 0.286. The number of nitrogens with one attached hydrogen (secondary N) is 1. The smallest absolute Gasteiger partial charge is 0.222 e. The Kier molecular flexibility index (Phi) is 5.93. The number of ether oxygens (including phenoxy) is 2. The Morgan fingerprint density at radius 2 is 1.96 bits per heavy atom. The highest BCUT2D eigenvalue weighted by Gasteiger charge is 2.15. The Hall–Kier alpha value is -3.35. The minimum Gasteiger partial charge on any atom is -0.497 e. The first-order valence-corrected chi connectivity index (χ1v) is 8.99. The number of nitrogens with zero attached hydrogens (tertiary/aromatic N) is 2. The number of fused-ring (bicyclic) bond motifs is 1. The van der Waals surface area contributed by atoms with Crippen molar-refractivity contribution in [3.05, 3.63) is 64.4 Å². The van der Waals surface area contributed by atoms with Crippen LogP contribution in [0.2, 0.25) is 0 Å². The second-order valence-electron chi connectivity index (χ2n) is 6.40. The van der Waals surface area contributed by atoms with E-state index >= 15 is 0 Å². The summed E-state index contributed by atoms with van der Waals surface area (Å²) in [5, 5.41) is 7.72. The predicted molar refractivity (Wildman–Crippen MR) is 107 cm³/mol. The van der Waals surface area contributed by atoms with E-state index in [2.05, 4.69) is 10.4 Å². The van der Waals surface area contributed by atoms with Gasteiger partial charge in [-0.15, -0.1) is 0 Å². The third kappa shape index (κ3) is 4.14. The van der Waals surface area contributed by atoms with E-state index in [0.29, 0.717) is 28.9 Å². The molecule has 28 heavy (non-hydrogen) atoms. The topological polar surface area (TPSA) is 82.5 Å². The van der Waals surface area contributed by atoms with Crippen molar-refractivity contribution in [2.24, 2.45) is 0 Å². The zero-order chi connectivity index (χ0) is 20.1. The van der Waals surface area contributed by atoms with Gasteiger partial charge in [0.25, 0.3) is 0 Å². The van der Waals surface area contributed by atoms with Crippen LogP contribution in [0.25, 0.3) is 10.9 Å². The van der Waals surface area contributed by atoms with Crippen molar-refractivity contribution in [2.45, 2.75) is 25.9 Å². The molecular weight excluding hydrogens is 358 g/mol. The van der Waals surface area contributed by atoms with Crippen LogP contribution in [0.1, 0.15) is 24.9 Å². The van der Waals surface area contributed by atoms with Crippen molar-refractivity contribution in [3.63, 3.8) is 0 Å². The van der Waals surface area contributed by atoms with Gasteiger partial charge in [-0.25, -0.2) is 0 Å². The lowest BCUT2D eigenvalue weighted by Crippen LogP contribution is -2.28. The van der Waals surface area contributed by atoms with Crippen molar-refractivity contribution in [2.75, 3.05) is 14.2 Å². The first-order valence-electron chi connectivity index (χ1n) is 8.99. The SMILES string of the molecule is COc1ccc(C(C)NC(=O)CCn2ncc(=O)c3ccccc32)c(OC)c1. The molecule has 1 atom stereocenters. The van der Waals surface area contributed by atoms with E-state index in [9.17, 15) is 9.59 Å². The summed E-state index contributed by atoms with van der Waals surface area (Å²) < 4.78 is 12.3. The largest absolute Gasteiger partial charge is 0.497 e. The van der Waals surface area contributed by atoms with Crippen LogP contribution in [-0.4, -0.2) is 29.9 Å². The Morgan fingerprint density at radius 3 is 2.71 bits per heavy atom. The molecule has 0 aliphatic heterocycles. The van der Waals surface area contributed by atoms with Crippen LogP contribution >= 0.6 is 0 Å². The van der Waals surface area contributed by atoms with Gasteiger partial charge in [0.1, 0.15) is 11.5 Å². The number of methoxy groups -OCH3 is 2. The highest BCUT2D eigenvalue weighted by Crippen LogP contribution is 2.29. The molecule has 0 aliphatic carbocycles. The molecule has 7 heteroatoms. The Bertz CT molecular complexity index is 1050. The number of carbonyl (C=O) groups is 1. The number of rotatable bonds is 7. The van der Waals surface area contributed by atoms with Crippen molar-refractivity contribution in [1.82, 2.24) is 15.1 Å². The first kappa shape index (κ1) is 19.4. The van der Waals surface area contributed by atoms with Crippen molar-refractivity contribution in [1.29, 1.82) is 0 Å². The molecule has 1 N–H and O–H groups in total. The average molecular weight is 381 g/mol. The molecule has 0 fully saturated rings. The molecule has 7 nitrogen and oxygen atoms in total. The van der Waals surface area contributed by atoms with Gasteiger partial charge in [-0.1, -0.05) is 12.1 Å². The summed E-state index contributed by atoms with van der Waals surface area (Å²) >= 11 is 0. The second kappa shape index (κ2) is 8.56. The summed E-state index contributed by atoms with van der Waals surface area (Å²) in [7, 11) is 3.17. The Morgan fingerprint density at radius 1 is 1.18 bits per heavy atom. The van der Waals surface area contributed by atoms with E-state index in [4.69, 9.17) is 9.47 Å². The molecular formula is C21H23N3O4. The lowest BCUT2D eigenvalue weighted by atomic mass is 10.1. The van der Waals surface area contributed by atoms with Crippen LogP contribution in [0.3, 0.4) is 0 Å². The molecule has 0 bridgehead atoms. The summed E-state index contributed by atoms with van der Waals surface area (Å²) in [6.07, 6.45) is 1.52. The number of hydrogen-bond acceptors (Lipinski definition) is 5. The number of carbonyl (C=O) groups excluding carboxylic acids is 1. The van der Waals surface area contributed by atoms with Gasteiger partial charge in [0, 0.05) is 23.4 Å². The monoisotopic (exact) mass is 381 g/mol. The quantitative estimate of drug-likeness (QED) is 0.680. The summed E-state index contributed by atoms with van der Waals surface area (Å²) in [5.41, 5.74) is 1.45. The van der Waals surface area contributed by atoms with Gasteiger partial charge in [0.2, 0.25) is 11.3 Å². The lowest BCUT2D eigenvalue weighted by Gasteiger charge is -2.18. The van der Waals surface area contributed by atoms with E-state index < -0.39 is 0 Å². The molecule has 2 aromatic carbocycles. The van der Waals surface area contributed by atoms with Gasteiger partial charge in [0.05, 0.1) is 38.5 Å². The van der Waals surface area contributed by atoms with Gasteiger partial charge in [0.15, 0.2) is 0 Å². The van der Waals surface area contributed by atoms with Crippen LogP contribution in [0.5, 0.6) is 11.5 Å². The normalized spacial score (nSPS) is 11.8. The highest BCUT2D eigenvalue weighted by atomic mass is 16.5. The maximum absolute atomic E-state index is 12.4. The summed E-state index contributed by atoms with van der Waals surface area (Å²) in [6.45, 7) is 2.27. The van der Waals surface area contributed by atoms with E-state index in [1.807, 2.05) is 37.3 Å². The number of amides is 1. The molecule has 0 saturated carbocycles. The maximum Gasteiger partial charge on any atom is 0.222 e. The molecule has 1 unspecified atom stereocenters. The lowest BCUT2D eigenvalue weighted by molar-refractivity contribution is -0.122. The molecule has 0 radical (unpaired) electrons. The zero-order valence-electron chi connectivity index (χ0n) is 16.1. The Balaban J connectivity index is 1.68. The molecule has 1 amide bonds. The number of benzene rings is 2. The van der Waals surface area contributed by atoms with Gasteiger partial charge in [-0.05, 0) is 31.2 Å². The van der Waals surface area contributed by atoms with Crippen molar-refractivity contribution in [3.8, 4) is 11.5 Å². The maximum atomic E-state index is 12.4. The summed E-state index contributed by atoms with van der Waals surface area (Å²) in [4.78, 5) is 24.3. The van der Waals surface area contributed by atoms with Crippen molar-refractivity contribution < 1.29 is 14.3 Å². The molecule has 146 valence electrons. The van der Waals surface area contributed by atoms with E-state index in [1.54, 1.807) is 31.0 Å². The third-order valence-corrected chi connectivity index (χ3v) is 4.60. The molecule has 3 aromatic rings. The molecule has 0 saturated heterocycles. The summed E-state index contributed by atoms with van der Waals surface area (Å²) in [5.74, 6) is 1.23.